The molecule has 0 radical (unpaired) electrons. The van der Waals surface area contributed by atoms with Crippen LogP contribution < -0.4 is 0 Å². The Balaban J connectivity index is 1.47. The Hall–Kier alpha value is -3.66. The molecule has 126 valence electrons. The van der Waals surface area contributed by atoms with E-state index in [-0.39, 0.29) is 0 Å². The third-order valence-electron chi connectivity index (χ3n) is 3.97. The predicted octanol–water partition coefficient (Wildman–Crippen LogP) is 5.14. The highest BCUT2D eigenvalue weighted by atomic mass is 15.2. The molecule has 0 fully saturated rings. The smallest absolute Gasteiger partial charge is 0.113 e. The normalized spacial score (nSPS) is 11.5. The highest BCUT2D eigenvalue weighted by molar-refractivity contribution is 5.72. The van der Waals surface area contributed by atoms with Gasteiger partial charge in [0.15, 0.2) is 0 Å². The monoisotopic (exact) mass is 338 g/mol. The summed E-state index contributed by atoms with van der Waals surface area (Å²) < 4.78 is 0. The van der Waals surface area contributed by atoms with Crippen LogP contribution >= 0.6 is 0 Å². The number of nitrogens with zero attached hydrogens (tertiary/aromatic N) is 2. The lowest BCUT2D eigenvalue weighted by Gasteiger charge is -1.89. The summed E-state index contributed by atoms with van der Waals surface area (Å²) >= 11 is 0. The molecule has 0 aliphatic heterocycles. The van der Waals surface area contributed by atoms with Crippen molar-refractivity contribution in [3.63, 3.8) is 0 Å². The van der Waals surface area contributed by atoms with Crippen LogP contribution in [0.1, 0.15) is 22.5 Å². The highest BCUT2D eigenvalue weighted by Gasteiger charge is 2.06. The minimum absolute atomic E-state index is 0.813. The van der Waals surface area contributed by atoms with Gasteiger partial charge in [-0.3, -0.25) is 10.2 Å². The van der Waals surface area contributed by atoms with Crippen molar-refractivity contribution >= 4 is 24.3 Å². The molecule has 0 aliphatic rings. The van der Waals surface area contributed by atoms with Crippen molar-refractivity contribution in [3.8, 4) is 11.4 Å². The molecular weight excluding hydrogens is 320 g/mol. The van der Waals surface area contributed by atoms with Crippen LogP contribution in [0.25, 0.3) is 35.7 Å². The first-order valence-corrected chi connectivity index (χ1v) is 8.44. The Labute approximate surface area is 151 Å². The summed E-state index contributed by atoms with van der Waals surface area (Å²) in [6.07, 6.45) is 8.12. The molecule has 2 aromatic carbocycles. The van der Waals surface area contributed by atoms with Crippen LogP contribution in [0.2, 0.25) is 0 Å². The number of nitrogens with one attached hydrogen (secondary N) is 2. The average Bonchev–Trinajstić information content (AvgIpc) is 3.36. The van der Waals surface area contributed by atoms with Crippen molar-refractivity contribution in [2.75, 3.05) is 0 Å². The van der Waals surface area contributed by atoms with Crippen molar-refractivity contribution in [1.82, 2.24) is 20.4 Å². The van der Waals surface area contributed by atoms with Gasteiger partial charge in [0.05, 0.1) is 11.4 Å². The van der Waals surface area contributed by atoms with Crippen molar-refractivity contribution < 1.29 is 0 Å². The first-order valence-electron chi connectivity index (χ1n) is 8.44. The largest absolute Gasteiger partial charge is 0.278 e. The maximum absolute atomic E-state index is 4.35. The third kappa shape index (κ3) is 3.87. The minimum atomic E-state index is 0.813. The Bertz CT molecular complexity index is 938. The van der Waals surface area contributed by atoms with Crippen molar-refractivity contribution in [3.05, 3.63) is 95.3 Å². The van der Waals surface area contributed by atoms with Gasteiger partial charge in [-0.25, -0.2) is 0 Å². The van der Waals surface area contributed by atoms with Gasteiger partial charge >= 0.3 is 0 Å². The molecule has 0 saturated heterocycles. The fraction of sp³-hybridized carbons (Fsp3) is 0. The first kappa shape index (κ1) is 15.8. The van der Waals surface area contributed by atoms with Gasteiger partial charge in [-0.05, 0) is 35.4 Å². The lowest BCUT2D eigenvalue weighted by atomic mass is 10.2. The molecule has 0 atom stereocenters. The molecule has 2 N–H and O–H groups in total. The number of hydrogen-bond donors (Lipinski definition) is 2. The second-order valence-corrected chi connectivity index (χ2v) is 5.91. The van der Waals surface area contributed by atoms with E-state index in [1.807, 2.05) is 60.7 Å². The number of rotatable bonds is 5. The molecule has 2 heterocycles. The fourth-order valence-corrected chi connectivity index (χ4v) is 2.61. The van der Waals surface area contributed by atoms with Crippen molar-refractivity contribution in [2.24, 2.45) is 0 Å². The summed E-state index contributed by atoms with van der Waals surface area (Å²) in [5.74, 6) is 0. The Morgan fingerprint density at radius 3 is 1.38 bits per heavy atom. The van der Waals surface area contributed by atoms with E-state index in [0.717, 1.165) is 33.9 Å². The molecule has 4 aromatic rings. The van der Waals surface area contributed by atoms with Gasteiger partial charge in [-0.15, -0.1) is 0 Å². The second-order valence-electron chi connectivity index (χ2n) is 5.91. The number of aromatic amines is 2. The summed E-state index contributed by atoms with van der Waals surface area (Å²) in [7, 11) is 0. The Morgan fingerprint density at radius 1 is 0.538 bits per heavy atom. The summed E-state index contributed by atoms with van der Waals surface area (Å²) in [4.78, 5) is 0. The van der Waals surface area contributed by atoms with Gasteiger partial charge in [0.1, 0.15) is 11.4 Å². The van der Waals surface area contributed by atoms with Gasteiger partial charge in [0.25, 0.3) is 0 Å². The van der Waals surface area contributed by atoms with Crippen LogP contribution in [-0.2, 0) is 0 Å². The van der Waals surface area contributed by atoms with E-state index in [9.17, 15) is 0 Å². The molecule has 0 aliphatic carbocycles. The third-order valence-corrected chi connectivity index (χ3v) is 3.97. The van der Waals surface area contributed by atoms with E-state index in [4.69, 9.17) is 0 Å². The first-order chi connectivity index (χ1) is 12.9. The van der Waals surface area contributed by atoms with E-state index in [2.05, 4.69) is 56.8 Å². The number of hydrogen-bond acceptors (Lipinski definition) is 2. The minimum Gasteiger partial charge on any atom is -0.278 e. The summed E-state index contributed by atoms with van der Waals surface area (Å²) in [6, 6.07) is 24.3. The van der Waals surface area contributed by atoms with E-state index >= 15 is 0 Å². The number of H-pyrrole nitrogens is 2. The predicted molar refractivity (Wildman–Crippen MR) is 107 cm³/mol. The second kappa shape index (κ2) is 7.49. The van der Waals surface area contributed by atoms with E-state index in [1.165, 1.54) is 0 Å². The standard InChI is InChI=1S/C22H18N4/c1-3-7-17(8-4-1)11-13-19-15-21(25-23-19)22-16-20(24-26-22)14-12-18-9-5-2-6-10-18/h1-16H,(H,23,25)(H,24,26)/b13-11+,14-12+. The van der Waals surface area contributed by atoms with Crippen molar-refractivity contribution in [2.45, 2.75) is 0 Å². The Kier molecular flexibility index (Phi) is 4.56. The molecule has 26 heavy (non-hydrogen) atoms. The molecular formula is C22H18N4. The van der Waals surface area contributed by atoms with Crippen molar-refractivity contribution in [1.29, 1.82) is 0 Å². The Morgan fingerprint density at radius 2 is 0.962 bits per heavy atom. The molecule has 0 saturated carbocycles. The molecule has 0 amide bonds. The molecule has 0 bridgehead atoms. The van der Waals surface area contributed by atoms with E-state index < -0.39 is 0 Å². The van der Waals surface area contributed by atoms with Gasteiger partial charge in [-0.1, -0.05) is 72.8 Å². The lowest BCUT2D eigenvalue weighted by molar-refractivity contribution is 1.05. The molecule has 0 unspecified atom stereocenters. The zero-order chi connectivity index (χ0) is 17.6. The van der Waals surface area contributed by atoms with Gasteiger partial charge in [-0.2, -0.15) is 10.2 Å². The van der Waals surface area contributed by atoms with Gasteiger partial charge in [0.2, 0.25) is 0 Å². The van der Waals surface area contributed by atoms with Crippen LogP contribution in [0, 0.1) is 0 Å². The van der Waals surface area contributed by atoms with Crippen LogP contribution in [0.5, 0.6) is 0 Å². The summed E-state index contributed by atoms with van der Waals surface area (Å²) in [5, 5.41) is 14.8. The average molecular weight is 338 g/mol. The van der Waals surface area contributed by atoms with Crippen LogP contribution in [0.15, 0.2) is 72.8 Å². The molecule has 4 rings (SSSR count). The molecule has 2 aromatic heterocycles. The quantitative estimate of drug-likeness (QED) is 0.529. The summed E-state index contributed by atoms with van der Waals surface area (Å²) in [5.41, 5.74) is 5.80. The van der Waals surface area contributed by atoms with Gasteiger partial charge < -0.3 is 0 Å². The molecule has 4 nitrogen and oxygen atoms in total. The number of benzene rings is 2. The topological polar surface area (TPSA) is 57.4 Å². The summed E-state index contributed by atoms with van der Waals surface area (Å²) in [6.45, 7) is 0. The van der Waals surface area contributed by atoms with Gasteiger partial charge in [0, 0.05) is 0 Å². The fourth-order valence-electron chi connectivity index (χ4n) is 2.61. The zero-order valence-electron chi connectivity index (χ0n) is 14.1. The molecule has 4 heteroatoms. The molecule has 0 spiro atoms. The van der Waals surface area contributed by atoms with E-state index in [0.29, 0.717) is 0 Å². The highest BCUT2D eigenvalue weighted by Crippen LogP contribution is 2.18. The van der Waals surface area contributed by atoms with Crippen LogP contribution in [0.4, 0.5) is 0 Å². The zero-order valence-corrected chi connectivity index (χ0v) is 14.1. The van der Waals surface area contributed by atoms with Crippen LogP contribution in [-0.4, -0.2) is 20.4 Å². The van der Waals surface area contributed by atoms with E-state index in [1.54, 1.807) is 0 Å². The lowest BCUT2D eigenvalue weighted by Crippen LogP contribution is -1.76. The maximum atomic E-state index is 4.35. The SMILES string of the molecule is C(=C\c1cc(-c2cc(/C=C/c3ccccc3)[nH]n2)n[nH]1)/c1ccccc1. The number of aromatic nitrogens is 4. The maximum Gasteiger partial charge on any atom is 0.113 e. The van der Waals surface area contributed by atoms with Crippen LogP contribution in [0.3, 0.4) is 0 Å².